The summed E-state index contributed by atoms with van der Waals surface area (Å²) in [6.45, 7) is 17.4. The molecule has 0 saturated carbocycles. The fourth-order valence-corrected chi connectivity index (χ4v) is 10.6. The summed E-state index contributed by atoms with van der Waals surface area (Å²) in [4.78, 5) is 1.14. The van der Waals surface area contributed by atoms with Gasteiger partial charge >= 0.3 is 0 Å². The largest absolute Gasteiger partial charge is 0.497 e. The maximum atomic E-state index is 7.26. The Kier molecular flexibility index (Phi) is 17.2. The highest BCUT2D eigenvalue weighted by Crippen LogP contribution is 2.43. The van der Waals surface area contributed by atoms with Crippen LogP contribution in [0.1, 0.15) is 75.9 Å². The fraction of sp³-hybridized carbons (Fsp3) is 0.500. The molecule has 63 heavy (non-hydrogen) atoms. The molecule has 0 aromatic heterocycles. The molecule has 11 heteroatoms. The minimum Gasteiger partial charge on any atom is -0.497 e. The van der Waals surface area contributed by atoms with Crippen LogP contribution in [-0.4, -0.2) is 82.9 Å². The van der Waals surface area contributed by atoms with Crippen LogP contribution in [0.5, 0.6) is 5.75 Å². The van der Waals surface area contributed by atoms with Crippen LogP contribution < -0.4 is 4.74 Å². The summed E-state index contributed by atoms with van der Waals surface area (Å²) >= 11 is 1.74. The fourth-order valence-electron chi connectivity index (χ4n) is 8.19. The van der Waals surface area contributed by atoms with E-state index in [2.05, 4.69) is 89.0 Å². The lowest BCUT2D eigenvalue weighted by molar-refractivity contribution is -0.301. The van der Waals surface area contributed by atoms with Gasteiger partial charge in [-0.1, -0.05) is 130 Å². The molecule has 3 aliphatic heterocycles. The van der Waals surface area contributed by atoms with Crippen LogP contribution in [0.2, 0.25) is 18.1 Å². The van der Waals surface area contributed by atoms with Crippen LogP contribution in [0.4, 0.5) is 0 Å². The molecule has 3 heterocycles. The van der Waals surface area contributed by atoms with Crippen LogP contribution in [0.25, 0.3) is 0 Å². The van der Waals surface area contributed by atoms with Gasteiger partial charge in [-0.25, -0.2) is 0 Å². The molecule has 10 atom stereocenters. The zero-order valence-electron chi connectivity index (χ0n) is 38.0. The number of methoxy groups -OCH3 is 1. The third-order valence-electron chi connectivity index (χ3n) is 12.8. The number of thioether (sulfide) groups is 1. The Balaban J connectivity index is 1.08. The highest BCUT2D eigenvalue weighted by molar-refractivity contribution is 7.99. The Bertz CT molecular complexity index is 1950. The summed E-state index contributed by atoms with van der Waals surface area (Å²) in [5, 5.41) is 0.0239. The first-order valence-electron chi connectivity index (χ1n) is 22.6. The molecule has 9 nitrogen and oxygen atoms in total. The zero-order chi connectivity index (χ0) is 44.2. The molecule has 0 radical (unpaired) electrons. The minimum absolute atomic E-state index is 0.0239. The van der Waals surface area contributed by atoms with E-state index in [4.69, 9.17) is 42.3 Å². The summed E-state index contributed by atoms with van der Waals surface area (Å²) in [6.07, 6.45) is 3.23. The van der Waals surface area contributed by atoms with Gasteiger partial charge < -0.3 is 42.3 Å². The Morgan fingerprint density at radius 2 is 1.41 bits per heavy atom. The Morgan fingerprint density at radius 1 is 0.746 bits per heavy atom. The van der Waals surface area contributed by atoms with Gasteiger partial charge in [0.1, 0.15) is 23.4 Å². The Hall–Kier alpha value is -3.33. The summed E-state index contributed by atoms with van der Waals surface area (Å²) < 4.78 is 59.8. The highest BCUT2D eigenvalue weighted by Gasteiger charge is 2.48. The SMILES string of the molecule is C=CC[C@H]1O[C@@H](COCc2ccccc2)[C@H](OCc2ccccc2)C[C@@H]1OC(CC[C@@H]1O[C@@H]2CO[C@@H](c3ccc(OC)cc3)O[C@H]2C[C@H]1O[Si](C)(C)C(C)(C)C)Sc1ccccc1. The van der Waals surface area contributed by atoms with E-state index in [0.717, 1.165) is 46.6 Å². The molecule has 3 aliphatic rings. The van der Waals surface area contributed by atoms with Gasteiger partial charge in [-0.15, -0.1) is 6.58 Å². The first-order valence-corrected chi connectivity index (χ1v) is 26.4. The normalized spacial score (nSPS) is 27.0. The predicted octanol–water partition coefficient (Wildman–Crippen LogP) is 11.5. The number of rotatable bonds is 20. The van der Waals surface area contributed by atoms with Crippen LogP contribution in [-0.2, 0) is 50.8 Å². The van der Waals surface area contributed by atoms with Crippen molar-refractivity contribution in [2.75, 3.05) is 20.3 Å². The second-order valence-electron chi connectivity index (χ2n) is 18.4. The van der Waals surface area contributed by atoms with Gasteiger partial charge in [0.15, 0.2) is 14.6 Å². The van der Waals surface area contributed by atoms with Gasteiger partial charge in [0, 0.05) is 23.3 Å². The molecule has 4 aromatic carbocycles. The van der Waals surface area contributed by atoms with Crippen molar-refractivity contribution in [2.45, 2.75) is 150 Å². The van der Waals surface area contributed by atoms with Crippen molar-refractivity contribution < 1.29 is 42.3 Å². The number of benzene rings is 4. The van der Waals surface area contributed by atoms with E-state index < -0.39 is 14.6 Å². The van der Waals surface area contributed by atoms with Crippen molar-refractivity contribution in [1.82, 2.24) is 0 Å². The molecule has 340 valence electrons. The van der Waals surface area contributed by atoms with Gasteiger partial charge in [-0.2, -0.15) is 0 Å². The van der Waals surface area contributed by atoms with E-state index >= 15 is 0 Å². The lowest BCUT2D eigenvalue weighted by atomic mass is 9.94. The smallest absolute Gasteiger partial charge is 0.192 e. The molecular formula is C52H68O9SSi. The van der Waals surface area contributed by atoms with Gasteiger partial charge in [0.05, 0.1) is 70.2 Å². The van der Waals surface area contributed by atoms with E-state index in [1.807, 2.05) is 72.8 Å². The van der Waals surface area contributed by atoms with Gasteiger partial charge in [-0.05, 0) is 72.8 Å². The van der Waals surface area contributed by atoms with Crippen molar-refractivity contribution in [3.05, 3.63) is 145 Å². The van der Waals surface area contributed by atoms with E-state index in [1.165, 1.54) is 0 Å². The van der Waals surface area contributed by atoms with E-state index in [-0.39, 0.29) is 59.3 Å². The summed E-state index contributed by atoms with van der Waals surface area (Å²) in [7, 11) is -0.527. The van der Waals surface area contributed by atoms with Crippen molar-refractivity contribution in [2.24, 2.45) is 0 Å². The van der Waals surface area contributed by atoms with Crippen LogP contribution in [0.15, 0.2) is 133 Å². The molecule has 1 unspecified atom stereocenters. The minimum atomic E-state index is -2.20. The highest BCUT2D eigenvalue weighted by atomic mass is 32.2. The molecule has 0 amide bonds. The lowest BCUT2D eigenvalue weighted by Gasteiger charge is -2.49. The topological polar surface area (TPSA) is 83.1 Å². The van der Waals surface area contributed by atoms with E-state index in [1.54, 1.807) is 18.9 Å². The summed E-state index contributed by atoms with van der Waals surface area (Å²) in [5.41, 5.74) is 2.98. The molecule has 0 aliphatic carbocycles. The molecule has 3 fully saturated rings. The van der Waals surface area contributed by atoms with Crippen molar-refractivity contribution in [3.8, 4) is 5.75 Å². The first kappa shape index (κ1) is 47.6. The van der Waals surface area contributed by atoms with Crippen LogP contribution >= 0.6 is 11.8 Å². The zero-order valence-corrected chi connectivity index (χ0v) is 39.8. The van der Waals surface area contributed by atoms with Crippen LogP contribution in [0.3, 0.4) is 0 Å². The maximum Gasteiger partial charge on any atom is 0.192 e. The number of ether oxygens (including phenoxy) is 8. The van der Waals surface area contributed by atoms with Gasteiger partial charge in [0.25, 0.3) is 0 Å². The number of hydrogen-bond acceptors (Lipinski definition) is 10. The van der Waals surface area contributed by atoms with E-state index in [0.29, 0.717) is 39.3 Å². The monoisotopic (exact) mass is 896 g/mol. The van der Waals surface area contributed by atoms with E-state index in [9.17, 15) is 0 Å². The molecular weight excluding hydrogens is 829 g/mol. The maximum absolute atomic E-state index is 7.26. The van der Waals surface area contributed by atoms with Gasteiger partial charge in [0.2, 0.25) is 0 Å². The predicted molar refractivity (Wildman–Crippen MR) is 251 cm³/mol. The molecule has 0 spiro atoms. The second kappa shape index (κ2) is 22.7. The molecule has 0 bridgehead atoms. The third-order valence-corrected chi connectivity index (χ3v) is 18.4. The summed E-state index contributed by atoms with van der Waals surface area (Å²) in [5.74, 6) is 0.795. The average Bonchev–Trinajstić information content (AvgIpc) is 3.29. The molecule has 3 saturated heterocycles. The summed E-state index contributed by atoms with van der Waals surface area (Å²) in [6, 6.07) is 38.9. The number of fused-ring (bicyclic) bond motifs is 1. The molecule has 0 N–H and O–H groups in total. The first-order chi connectivity index (χ1) is 30.5. The third kappa shape index (κ3) is 13.4. The quantitative estimate of drug-likeness (QED) is 0.0370. The van der Waals surface area contributed by atoms with Crippen LogP contribution in [0, 0.1) is 0 Å². The number of hydrogen-bond donors (Lipinski definition) is 0. The second-order valence-corrected chi connectivity index (χ2v) is 24.4. The van der Waals surface area contributed by atoms with Crippen molar-refractivity contribution >= 4 is 20.1 Å². The molecule has 4 aromatic rings. The Morgan fingerprint density at radius 3 is 2.06 bits per heavy atom. The van der Waals surface area contributed by atoms with Crippen molar-refractivity contribution in [3.63, 3.8) is 0 Å². The standard InChI is InChI=1S/C52H68O9SSi/c1-8-18-42-45(31-44(55-34-38-21-14-10-15-22-38)48(57-42)35-54-33-37-19-12-9-13-20-37)59-50(62-41-23-16-11-17-24-41)30-29-43-47(61-63(6,7)52(2,3)4)32-46-49(58-43)36-56-51(60-46)39-25-27-40(53-5)28-26-39/h8-17,19-28,42-51H,1,18,29-36H2,2-7H3/t42-,43+,44-,45+,46+,47-,48+,49-,50?,51-/m1/s1. The lowest BCUT2D eigenvalue weighted by Crippen LogP contribution is -2.57. The Labute approximate surface area is 381 Å². The van der Waals surface area contributed by atoms with Gasteiger partial charge in [-0.3, -0.25) is 0 Å². The molecule has 7 rings (SSSR count). The van der Waals surface area contributed by atoms with Crippen molar-refractivity contribution in [1.29, 1.82) is 0 Å². The average molecular weight is 897 g/mol.